The fraction of sp³-hybridized carbons (Fsp3) is 0.526. The van der Waals surface area contributed by atoms with Crippen molar-refractivity contribution in [2.45, 2.75) is 45.6 Å². The molecule has 0 N–H and O–H groups in total. The lowest BCUT2D eigenvalue weighted by atomic mass is 10.00. The number of methoxy groups -OCH3 is 1. The van der Waals surface area contributed by atoms with Crippen molar-refractivity contribution in [1.29, 1.82) is 0 Å². The maximum atomic E-state index is 12.6. The van der Waals surface area contributed by atoms with Crippen molar-refractivity contribution in [2.24, 2.45) is 5.92 Å². The average molecular weight is 343 g/mol. The molecule has 1 aliphatic rings. The summed E-state index contributed by atoms with van der Waals surface area (Å²) in [5.74, 6) is 2.30. The number of benzene rings is 1. The van der Waals surface area contributed by atoms with Gasteiger partial charge in [0.2, 0.25) is 17.6 Å². The van der Waals surface area contributed by atoms with Gasteiger partial charge in [-0.2, -0.15) is 4.98 Å². The van der Waals surface area contributed by atoms with Gasteiger partial charge in [0.25, 0.3) is 0 Å². The van der Waals surface area contributed by atoms with E-state index in [-0.39, 0.29) is 11.9 Å². The summed E-state index contributed by atoms with van der Waals surface area (Å²) < 4.78 is 10.8. The SMILES string of the molecule is COc1cccc(-c2noc(C3CCCCN3C(=O)CC(C)C)n2)c1. The minimum atomic E-state index is -0.119. The molecule has 6 heteroatoms. The molecule has 2 heterocycles. The normalized spacial score (nSPS) is 17.8. The summed E-state index contributed by atoms with van der Waals surface area (Å²) in [6, 6.07) is 7.44. The second-order valence-electron chi connectivity index (χ2n) is 6.88. The topological polar surface area (TPSA) is 68.5 Å². The van der Waals surface area contributed by atoms with Crippen LogP contribution >= 0.6 is 0 Å². The van der Waals surface area contributed by atoms with E-state index in [0.717, 1.165) is 37.1 Å². The third-order valence-corrected chi connectivity index (χ3v) is 4.46. The van der Waals surface area contributed by atoms with Crippen molar-refractivity contribution in [3.05, 3.63) is 30.2 Å². The van der Waals surface area contributed by atoms with E-state index in [2.05, 4.69) is 24.0 Å². The van der Waals surface area contributed by atoms with Gasteiger partial charge in [0, 0.05) is 18.5 Å². The quantitative estimate of drug-likeness (QED) is 0.825. The van der Waals surface area contributed by atoms with Crippen molar-refractivity contribution in [1.82, 2.24) is 15.0 Å². The highest BCUT2D eigenvalue weighted by Gasteiger charge is 2.32. The molecule has 1 aromatic carbocycles. The molecule has 1 atom stereocenters. The van der Waals surface area contributed by atoms with E-state index in [4.69, 9.17) is 9.26 Å². The molecule has 0 saturated carbocycles. The Bertz CT molecular complexity index is 726. The number of carbonyl (C=O) groups excluding carboxylic acids is 1. The molecule has 1 aromatic heterocycles. The number of nitrogens with zero attached hydrogens (tertiary/aromatic N) is 3. The molecule has 1 aliphatic heterocycles. The van der Waals surface area contributed by atoms with Gasteiger partial charge in [-0.05, 0) is 37.3 Å². The van der Waals surface area contributed by atoms with Gasteiger partial charge in [-0.15, -0.1) is 0 Å². The van der Waals surface area contributed by atoms with Crippen LogP contribution in [0.15, 0.2) is 28.8 Å². The van der Waals surface area contributed by atoms with Crippen LogP contribution in [0.4, 0.5) is 0 Å². The second-order valence-corrected chi connectivity index (χ2v) is 6.88. The lowest BCUT2D eigenvalue weighted by molar-refractivity contribution is -0.136. The van der Waals surface area contributed by atoms with E-state index in [9.17, 15) is 4.79 Å². The number of ether oxygens (including phenoxy) is 1. The van der Waals surface area contributed by atoms with Crippen LogP contribution in [0.3, 0.4) is 0 Å². The molecule has 1 amide bonds. The zero-order valence-corrected chi connectivity index (χ0v) is 15.1. The molecular weight excluding hydrogens is 318 g/mol. The molecule has 0 spiro atoms. The predicted molar refractivity (Wildman–Crippen MR) is 94.0 cm³/mol. The first-order valence-corrected chi connectivity index (χ1v) is 8.86. The van der Waals surface area contributed by atoms with Gasteiger partial charge in [-0.3, -0.25) is 4.79 Å². The summed E-state index contributed by atoms with van der Waals surface area (Å²) in [6.07, 6.45) is 3.50. The van der Waals surface area contributed by atoms with E-state index in [1.165, 1.54) is 0 Å². The highest BCUT2D eigenvalue weighted by atomic mass is 16.5. The van der Waals surface area contributed by atoms with Gasteiger partial charge in [-0.25, -0.2) is 0 Å². The summed E-state index contributed by atoms with van der Waals surface area (Å²) in [6.45, 7) is 4.88. The third kappa shape index (κ3) is 4.00. The zero-order chi connectivity index (χ0) is 17.8. The Balaban J connectivity index is 1.82. The monoisotopic (exact) mass is 343 g/mol. The number of amides is 1. The molecule has 1 fully saturated rings. The summed E-state index contributed by atoms with van der Waals surface area (Å²) in [5, 5.41) is 4.11. The molecule has 0 bridgehead atoms. The highest BCUT2D eigenvalue weighted by Crippen LogP contribution is 2.32. The molecule has 1 unspecified atom stereocenters. The molecule has 134 valence electrons. The van der Waals surface area contributed by atoms with Crippen molar-refractivity contribution in [3.8, 4) is 17.1 Å². The average Bonchev–Trinajstić information content (AvgIpc) is 3.11. The fourth-order valence-corrected chi connectivity index (χ4v) is 3.20. The van der Waals surface area contributed by atoms with E-state index >= 15 is 0 Å². The maximum absolute atomic E-state index is 12.6. The molecule has 1 saturated heterocycles. The number of likely N-dealkylation sites (tertiary alicyclic amines) is 1. The number of carbonyl (C=O) groups is 1. The first-order valence-electron chi connectivity index (χ1n) is 8.86. The Kier molecular flexibility index (Phi) is 5.36. The highest BCUT2D eigenvalue weighted by molar-refractivity contribution is 5.77. The van der Waals surface area contributed by atoms with Crippen LogP contribution in [-0.2, 0) is 4.79 Å². The summed E-state index contributed by atoms with van der Waals surface area (Å²) in [7, 11) is 1.63. The van der Waals surface area contributed by atoms with Crippen LogP contribution in [0, 0.1) is 5.92 Å². The number of hydrogen-bond donors (Lipinski definition) is 0. The Labute approximate surface area is 148 Å². The van der Waals surface area contributed by atoms with Crippen molar-refractivity contribution >= 4 is 5.91 Å². The zero-order valence-electron chi connectivity index (χ0n) is 15.1. The lowest BCUT2D eigenvalue weighted by Gasteiger charge is -2.33. The minimum Gasteiger partial charge on any atom is -0.497 e. The maximum Gasteiger partial charge on any atom is 0.249 e. The van der Waals surface area contributed by atoms with Crippen LogP contribution in [0.25, 0.3) is 11.4 Å². The molecule has 3 rings (SSSR count). The first kappa shape index (κ1) is 17.5. The summed E-state index contributed by atoms with van der Waals surface area (Å²) in [5.41, 5.74) is 0.838. The summed E-state index contributed by atoms with van der Waals surface area (Å²) in [4.78, 5) is 19.0. The van der Waals surface area contributed by atoms with Gasteiger partial charge in [0.1, 0.15) is 11.8 Å². The van der Waals surface area contributed by atoms with Crippen LogP contribution in [0.1, 0.15) is 51.5 Å². The van der Waals surface area contributed by atoms with Crippen molar-refractivity contribution in [2.75, 3.05) is 13.7 Å². The number of aromatic nitrogens is 2. The fourth-order valence-electron chi connectivity index (χ4n) is 3.20. The van der Waals surface area contributed by atoms with Crippen molar-refractivity contribution in [3.63, 3.8) is 0 Å². The lowest BCUT2D eigenvalue weighted by Crippen LogP contribution is -2.39. The summed E-state index contributed by atoms with van der Waals surface area (Å²) >= 11 is 0. The van der Waals surface area contributed by atoms with Crippen molar-refractivity contribution < 1.29 is 14.1 Å². The Morgan fingerprint density at radius 1 is 1.40 bits per heavy atom. The molecule has 6 nitrogen and oxygen atoms in total. The van der Waals surface area contributed by atoms with Gasteiger partial charge in [0.15, 0.2) is 0 Å². The first-order chi connectivity index (χ1) is 12.1. The van der Waals surface area contributed by atoms with Crippen LogP contribution in [-0.4, -0.2) is 34.6 Å². The van der Waals surface area contributed by atoms with Crippen LogP contribution in [0.5, 0.6) is 5.75 Å². The van der Waals surface area contributed by atoms with Gasteiger partial charge < -0.3 is 14.2 Å². The van der Waals surface area contributed by atoms with E-state index in [1.54, 1.807) is 7.11 Å². The predicted octanol–water partition coefficient (Wildman–Crippen LogP) is 3.84. The van der Waals surface area contributed by atoms with Crippen LogP contribution in [0.2, 0.25) is 0 Å². The van der Waals surface area contributed by atoms with E-state index in [0.29, 0.717) is 24.1 Å². The molecule has 2 aromatic rings. The number of rotatable bonds is 5. The molecule has 25 heavy (non-hydrogen) atoms. The Hall–Kier alpha value is -2.37. The minimum absolute atomic E-state index is 0.119. The van der Waals surface area contributed by atoms with Crippen LogP contribution < -0.4 is 4.74 Å². The van der Waals surface area contributed by atoms with E-state index in [1.807, 2.05) is 29.2 Å². The second kappa shape index (κ2) is 7.68. The van der Waals surface area contributed by atoms with Gasteiger partial charge in [-0.1, -0.05) is 31.1 Å². The third-order valence-electron chi connectivity index (χ3n) is 4.46. The molecular formula is C19H25N3O3. The smallest absolute Gasteiger partial charge is 0.249 e. The number of hydrogen-bond acceptors (Lipinski definition) is 5. The molecule has 0 aliphatic carbocycles. The van der Waals surface area contributed by atoms with E-state index < -0.39 is 0 Å². The van der Waals surface area contributed by atoms with Gasteiger partial charge >= 0.3 is 0 Å². The standard InChI is InChI=1S/C19H25N3O3/c1-13(2)11-17(23)22-10-5-4-9-16(22)19-20-18(21-25-19)14-7-6-8-15(12-14)24-3/h6-8,12-13,16H,4-5,9-11H2,1-3H3. The largest absolute Gasteiger partial charge is 0.497 e. The Morgan fingerprint density at radius 2 is 2.24 bits per heavy atom. The van der Waals surface area contributed by atoms with Gasteiger partial charge in [0.05, 0.1) is 7.11 Å². The molecule has 0 radical (unpaired) electrons. The Morgan fingerprint density at radius 3 is 3.00 bits per heavy atom. The number of piperidine rings is 1.